The Hall–Kier alpha value is -2.45. The lowest BCUT2D eigenvalue weighted by molar-refractivity contribution is -0.135. The van der Waals surface area contributed by atoms with Gasteiger partial charge in [0.2, 0.25) is 5.91 Å². The maximum absolute atomic E-state index is 13.3. The molecule has 7 nitrogen and oxygen atoms in total. The molecular weight excluding hydrogens is 410 g/mol. The quantitative estimate of drug-likeness (QED) is 0.677. The number of fused-ring (bicyclic) bond motifs is 2. The summed E-state index contributed by atoms with van der Waals surface area (Å²) < 4.78 is 1.58. The monoisotopic (exact) mass is 439 g/mol. The second kappa shape index (κ2) is 8.24. The van der Waals surface area contributed by atoms with Crippen molar-refractivity contribution in [2.24, 2.45) is 5.92 Å². The van der Waals surface area contributed by atoms with E-state index in [4.69, 9.17) is 4.98 Å². The normalized spacial score (nSPS) is 19.8. The van der Waals surface area contributed by atoms with E-state index in [-0.39, 0.29) is 23.4 Å². The van der Waals surface area contributed by atoms with E-state index >= 15 is 0 Å². The highest BCUT2D eigenvalue weighted by atomic mass is 32.1. The number of piperidine rings is 1. The fourth-order valence-corrected chi connectivity index (χ4v) is 5.53. The molecule has 0 aromatic carbocycles. The van der Waals surface area contributed by atoms with Crippen molar-refractivity contribution in [2.45, 2.75) is 58.7 Å². The van der Waals surface area contributed by atoms with Crippen LogP contribution in [0.2, 0.25) is 0 Å². The lowest BCUT2D eigenvalue weighted by Crippen LogP contribution is -2.41. The zero-order chi connectivity index (χ0) is 21.5. The Morgan fingerprint density at radius 3 is 2.97 bits per heavy atom. The molecule has 0 bridgehead atoms. The van der Waals surface area contributed by atoms with Crippen molar-refractivity contribution in [1.82, 2.24) is 24.4 Å². The minimum atomic E-state index is -0.0762. The SMILES string of the molecule is CC(C)C(=O)N1CCc2nc3cc(C4CCCCN4Cc4ccsc4)[nH]n3c(=O)c2C1. The highest BCUT2D eigenvalue weighted by molar-refractivity contribution is 7.07. The summed E-state index contributed by atoms with van der Waals surface area (Å²) in [5, 5.41) is 7.69. The second-order valence-electron chi connectivity index (χ2n) is 9.03. The maximum Gasteiger partial charge on any atom is 0.277 e. The number of aromatic nitrogens is 3. The molecule has 31 heavy (non-hydrogen) atoms. The summed E-state index contributed by atoms with van der Waals surface area (Å²) in [7, 11) is 0. The summed E-state index contributed by atoms with van der Waals surface area (Å²) in [6, 6.07) is 4.49. The molecule has 5 rings (SSSR count). The molecule has 5 heterocycles. The van der Waals surface area contributed by atoms with Crippen LogP contribution in [-0.2, 0) is 24.3 Å². The van der Waals surface area contributed by atoms with Crippen molar-refractivity contribution in [2.75, 3.05) is 13.1 Å². The molecule has 8 heteroatoms. The van der Waals surface area contributed by atoms with Crippen LogP contribution in [0.3, 0.4) is 0 Å². The third-order valence-corrected chi connectivity index (χ3v) is 7.26. The average Bonchev–Trinajstić information content (AvgIpc) is 3.43. The van der Waals surface area contributed by atoms with E-state index in [1.165, 1.54) is 18.4 Å². The molecule has 3 aromatic rings. The summed E-state index contributed by atoms with van der Waals surface area (Å²) in [6.45, 7) is 6.75. The number of thiophene rings is 1. The van der Waals surface area contributed by atoms with E-state index < -0.39 is 0 Å². The number of likely N-dealkylation sites (tertiary alicyclic amines) is 1. The number of hydrogen-bond donors (Lipinski definition) is 1. The van der Waals surface area contributed by atoms with Gasteiger partial charge in [0, 0.05) is 31.5 Å². The van der Waals surface area contributed by atoms with Gasteiger partial charge in [-0.1, -0.05) is 20.3 Å². The van der Waals surface area contributed by atoms with Crippen LogP contribution in [0, 0.1) is 5.92 Å². The first-order valence-electron chi connectivity index (χ1n) is 11.2. The van der Waals surface area contributed by atoms with Gasteiger partial charge in [-0.3, -0.25) is 19.6 Å². The third kappa shape index (κ3) is 3.83. The van der Waals surface area contributed by atoms with Crippen LogP contribution < -0.4 is 5.56 Å². The van der Waals surface area contributed by atoms with E-state index in [0.29, 0.717) is 30.7 Å². The first kappa shape index (κ1) is 20.5. The molecule has 1 saturated heterocycles. The average molecular weight is 440 g/mol. The van der Waals surface area contributed by atoms with Gasteiger partial charge in [-0.05, 0) is 41.8 Å². The largest absolute Gasteiger partial charge is 0.337 e. The number of nitrogens with one attached hydrogen (secondary N) is 1. The number of rotatable bonds is 4. The van der Waals surface area contributed by atoms with Gasteiger partial charge >= 0.3 is 0 Å². The van der Waals surface area contributed by atoms with Crippen molar-refractivity contribution in [3.05, 3.63) is 55.8 Å². The number of nitrogens with zero attached hydrogens (tertiary/aromatic N) is 4. The van der Waals surface area contributed by atoms with Crippen molar-refractivity contribution in [3.63, 3.8) is 0 Å². The van der Waals surface area contributed by atoms with Crippen LogP contribution in [-0.4, -0.2) is 43.4 Å². The minimum absolute atomic E-state index is 0.0707. The summed E-state index contributed by atoms with van der Waals surface area (Å²) in [4.78, 5) is 34.8. The minimum Gasteiger partial charge on any atom is -0.337 e. The zero-order valence-electron chi connectivity index (χ0n) is 18.1. The molecule has 0 aliphatic carbocycles. The molecule has 164 valence electrons. The van der Waals surface area contributed by atoms with Crippen molar-refractivity contribution < 1.29 is 4.79 Å². The Balaban J connectivity index is 1.47. The molecule has 1 N–H and O–H groups in total. The highest BCUT2D eigenvalue weighted by Gasteiger charge is 2.29. The molecule has 1 unspecified atom stereocenters. The molecular formula is C23H29N5O2S. The Morgan fingerprint density at radius 1 is 1.32 bits per heavy atom. The molecule has 1 fully saturated rings. The maximum atomic E-state index is 13.3. The highest BCUT2D eigenvalue weighted by Crippen LogP contribution is 2.32. The lowest BCUT2D eigenvalue weighted by atomic mass is 9.99. The summed E-state index contributed by atoms with van der Waals surface area (Å²) in [6.07, 6.45) is 4.09. The topological polar surface area (TPSA) is 73.7 Å². The number of H-pyrrole nitrogens is 1. The van der Waals surface area contributed by atoms with Gasteiger partial charge < -0.3 is 4.90 Å². The van der Waals surface area contributed by atoms with Gasteiger partial charge in [0.1, 0.15) is 0 Å². The molecule has 2 aliphatic heterocycles. The van der Waals surface area contributed by atoms with E-state index in [0.717, 1.165) is 30.9 Å². The van der Waals surface area contributed by atoms with Crippen molar-refractivity contribution in [3.8, 4) is 0 Å². The van der Waals surface area contributed by atoms with E-state index in [9.17, 15) is 9.59 Å². The Bertz CT molecular complexity index is 1150. The number of amides is 1. The number of hydrogen-bond acceptors (Lipinski definition) is 5. The van der Waals surface area contributed by atoms with Gasteiger partial charge in [-0.15, -0.1) is 0 Å². The molecule has 1 amide bonds. The molecule has 0 radical (unpaired) electrons. The summed E-state index contributed by atoms with van der Waals surface area (Å²) in [5.74, 6) is 0.0206. The van der Waals surface area contributed by atoms with Gasteiger partial charge in [0.05, 0.1) is 29.5 Å². The molecule has 0 spiro atoms. The van der Waals surface area contributed by atoms with Crippen molar-refractivity contribution >= 4 is 22.9 Å². The van der Waals surface area contributed by atoms with E-state index in [2.05, 4.69) is 26.8 Å². The summed E-state index contributed by atoms with van der Waals surface area (Å²) in [5.41, 5.74) is 4.48. The first-order valence-corrected chi connectivity index (χ1v) is 12.1. The first-order chi connectivity index (χ1) is 15.0. The fourth-order valence-electron chi connectivity index (χ4n) is 4.87. The third-order valence-electron chi connectivity index (χ3n) is 6.53. The van der Waals surface area contributed by atoms with Crippen LogP contribution >= 0.6 is 11.3 Å². The molecule has 0 saturated carbocycles. The molecule has 2 aliphatic rings. The van der Waals surface area contributed by atoms with Gasteiger partial charge in [-0.2, -0.15) is 11.3 Å². The standard InChI is InChI=1S/C23H29N5O2S/c1-15(2)22(29)27-9-6-18-17(13-27)23(30)28-21(24-18)11-19(25-28)20-5-3-4-8-26(20)12-16-7-10-31-14-16/h7,10-11,14-15,20,25H,3-6,8-9,12-13H2,1-2H3. The fraction of sp³-hybridized carbons (Fsp3) is 0.522. The van der Waals surface area contributed by atoms with Gasteiger partial charge in [0.15, 0.2) is 5.65 Å². The van der Waals surface area contributed by atoms with Crippen LogP contribution in [0.15, 0.2) is 27.7 Å². The van der Waals surface area contributed by atoms with Crippen molar-refractivity contribution in [1.29, 1.82) is 0 Å². The van der Waals surface area contributed by atoms with E-state index in [1.807, 2.05) is 19.9 Å². The predicted molar refractivity (Wildman–Crippen MR) is 121 cm³/mol. The second-order valence-corrected chi connectivity index (χ2v) is 9.81. The van der Waals surface area contributed by atoms with Crippen LogP contribution in [0.4, 0.5) is 0 Å². The van der Waals surface area contributed by atoms with Crippen LogP contribution in [0.1, 0.15) is 61.7 Å². The Morgan fingerprint density at radius 2 is 2.19 bits per heavy atom. The number of aromatic amines is 1. The van der Waals surface area contributed by atoms with Gasteiger partial charge in [-0.25, -0.2) is 9.50 Å². The number of carbonyl (C=O) groups is 1. The lowest BCUT2D eigenvalue weighted by Gasteiger charge is -2.34. The zero-order valence-corrected chi connectivity index (χ0v) is 19.0. The van der Waals surface area contributed by atoms with Crippen LogP contribution in [0.5, 0.6) is 0 Å². The number of carbonyl (C=O) groups excluding carboxylic acids is 1. The van der Waals surface area contributed by atoms with E-state index in [1.54, 1.807) is 20.8 Å². The molecule has 1 atom stereocenters. The summed E-state index contributed by atoms with van der Waals surface area (Å²) >= 11 is 1.73. The smallest absolute Gasteiger partial charge is 0.277 e. The van der Waals surface area contributed by atoms with Gasteiger partial charge in [0.25, 0.3) is 5.56 Å². The Labute approximate surface area is 185 Å². The van der Waals surface area contributed by atoms with Crippen LogP contribution in [0.25, 0.3) is 5.65 Å². The Kier molecular flexibility index (Phi) is 5.44. The molecule has 3 aromatic heterocycles. The predicted octanol–water partition coefficient (Wildman–Crippen LogP) is 3.35.